The predicted octanol–water partition coefficient (Wildman–Crippen LogP) is 1.29. The summed E-state index contributed by atoms with van der Waals surface area (Å²) in [5.74, 6) is 0.484. The third kappa shape index (κ3) is 3.32. The Morgan fingerprint density at radius 1 is 1.15 bits per heavy atom. The van der Waals surface area contributed by atoms with Gasteiger partial charge in [0, 0.05) is 13.1 Å². The van der Waals surface area contributed by atoms with Crippen LogP contribution < -0.4 is 0 Å². The lowest BCUT2D eigenvalue weighted by molar-refractivity contribution is -0.145. The quantitative estimate of drug-likeness (QED) is 0.847. The summed E-state index contributed by atoms with van der Waals surface area (Å²) in [6.07, 6.45) is 2.03. The van der Waals surface area contributed by atoms with Crippen LogP contribution in [0.2, 0.25) is 0 Å². The van der Waals surface area contributed by atoms with Crippen molar-refractivity contribution in [1.29, 1.82) is 0 Å². The van der Waals surface area contributed by atoms with Crippen molar-refractivity contribution in [3.05, 3.63) is 0 Å². The SMILES string of the molecule is CC1CC(C)CN(C(=O)CN2CCC(C)C2C(=O)O)C1. The standard InChI is InChI=1S/C15H26N2O3/c1-10-6-11(2)8-17(7-10)13(18)9-16-5-4-12(3)14(16)15(19)20/h10-12,14H,4-9H2,1-3H3,(H,19,20). The fraction of sp³-hybridized carbons (Fsp3) is 0.867. The van der Waals surface area contributed by atoms with Crippen LogP contribution in [0.15, 0.2) is 0 Å². The number of rotatable bonds is 3. The monoisotopic (exact) mass is 282 g/mol. The Morgan fingerprint density at radius 3 is 2.30 bits per heavy atom. The van der Waals surface area contributed by atoms with Crippen LogP contribution >= 0.6 is 0 Å². The maximum Gasteiger partial charge on any atom is 0.321 e. The summed E-state index contributed by atoms with van der Waals surface area (Å²) in [4.78, 5) is 27.5. The van der Waals surface area contributed by atoms with Crippen molar-refractivity contribution in [3.8, 4) is 0 Å². The molecule has 2 heterocycles. The first kappa shape index (κ1) is 15.3. The molecule has 2 aliphatic heterocycles. The van der Waals surface area contributed by atoms with E-state index in [4.69, 9.17) is 0 Å². The molecule has 4 unspecified atom stereocenters. The largest absolute Gasteiger partial charge is 0.480 e. The molecule has 2 saturated heterocycles. The maximum absolute atomic E-state index is 12.4. The van der Waals surface area contributed by atoms with Crippen molar-refractivity contribution in [1.82, 2.24) is 9.80 Å². The summed E-state index contributed by atoms with van der Waals surface area (Å²) in [5, 5.41) is 9.29. The topological polar surface area (TPSA) is 60.9 Å². The summed E-state index contributed by atoms with van der Waals surface area (Å²) in [6.45, 7) is 8.88. The van der Waals surface area contributed by atoms with Crippen LogP contribution in [-0.4, -0.2) is 59.0 Å². The van der Waals surface area contributed by atoms with Crippen molar-refractivity contribution in [2.24, 2.45) is 17.8 Å². The average Bonchev–Trinajstić information content (AvgIpc) is 2.69. The molecular formula is C15H26N2O3. The Morgan fingerprint density at radius 2 is 1.75 bits per heavy atom. The molecule has 5 nitrogen and oxygen atoms in total. The van der Waals surface area contributed by atoms with Crippen LogP contribution in [0.3, 0.4) is 0 Å². The van der Waals surface area contributed by atoms with Crippen LogP contribution in [-0.2, 0) is 9.59 Å². The third-order valence-corrected chi connectivity index (χ3v) is 4.62. The smallest absolute Gasteiger partial charge is 0.321 e. The number of carboxylic acid groups (broad SMARTS) is 1. The van der Waals surface area contributed by atoms with Crippen LogP contribution in [0, 0.1) is 17.8 Å². The van der Waals surface area contributed by atoms with E-state index in [2.05, 4.69) is 13.8 Å². The average molecular weight is 282 g/mol. The molecule has 0 aliphatic carbocycles. The molecular weight excluding hydrogens is 256 g/mol. The molecule has 2 rings (SSSR count). The van der Waals surface area contributed by atoms with E-state index in [0.29, 0.717) is 18.4 Å². The molecule has 1 N–H and O–H groups in total. The Kier molecular flexibility index (Phi) is 4.68. The zero-order chi connectivity index (χ0) is 14.9. The van der Waals surface area contributed by atoms with E-state index in [1.54, 1.807) is 0 Å². The van der Waals surface area contributed by atoms with Gasteiger partial charge in [-0.25, -0.2) is 0 Å². The van der Waals surface area contributed by atoms with Gasteiger partial charge >= 0.3 is 5.97 Å². The lowest BCUT2D eigenvalue weighted by Gasteiger charge is -2.36. The Bertz CT molecular complexity index is 375. The molecule has 2 fully saturated rings. The minimum absolute atomic E-state index is 0.0868. The van der Waals surface area contributed by atoms with Gasteiger partial charge in [0.05, 0.1) is 6.54 Å². The number of aliphatic carboxylic acids is 1. The molecule has 0 radical (unpaired) electrons. The first-order chi connectivity index (χ1) is 9.38. The maximum atomic E-state index is 12.4. The summed E-state index contributed by atoms with van der Waals surface area (Å²) < 4.78 is 0. The van der Waals surface area contributed by atoms with Gasteiger partial charge in [-0.1, -0.05) is 20.8 Å². The van der Waals surface area contributed by atoms with Crippen LogP contribution in [0.25, 0.3) is 0 Å². The summed E-state index contributed by atoms with van der Waals surface area (Å²) in [5.41, 5.74) is 0. The number of hydrogen-bond donors (Lipinski definition) is 1. The minimum Gasteiger partial charge on any atom is -0.480 e. The van der Waals surface area contributed by atoms with Gasteiger partial charge in [0.1, 0.15) is 6.04 Å². The van der Waals surface area contributed by atoms with Crippen molar-refractivity contribution in [3.63, 3.8) is 0 Å². The van der Waals surface area contributed by atoms with E-state index in [1.165, 1.54) is 6.42 Å². The molecule has 0 saturated carbocycles. The van der Waals surface area contributed by atoms with E-state index in [9.17, 15) is 14.7 Å². The number of carboxylic acids is 1. The first-order valence-electron chi connectivity index (χ1n) is 7.63. The Labute approximate surface area is 120 Å². The van der Waals surface area contributed by atoms with Crippen LogP contribution in [0.4, 0.5) is 0 Å². The predicted molar refractivity (Wildman–Crippen MR) is 76.3 cm³/mol. The highest BCUT2D eigenvalue weighted by atomic mass is 16.4. The molecule has 4 atom stereocenters. The number of piperidine rings is 1. The van der Waals surface area contributed by atoms with Crippen molar-refractivity contribution < 1.29 is 14.7 Å². The summed E-state index contributed by atoms with van der Waals surface area (Å²) in [6, 6.07) is -0.501. The van der Waals surface area contributed by atoms with Gasteiger partial charge in [0.25, 0.3) is 0 Å². The normalized spacial score (nSPS) is 35.2. The highest BCUT2D eigenvalue weighted by molar-refractivity contribution is 5.80. The lowest BCUT2D eigenvalue weighted by atomic mass is 9.92. The van der Waals surface area contributed by atoms with E-state index in [1.807, 2.05) is 16.7 Å². The number of nitrogens with zero attached hydrogens (tertiary/aromatic N) is 2. The number of amides is 1. The van der Waals surface area contributed by atoms with Gasteiger partial charge in [-0.15, -0.1) is 0 Å². The number of carbonyl (C=O) groups excluding carboxylic acids is 1. The molecule has 114 valence electrons. The van der Waals surface area contributed by atoms with Gasteiger partial charge in [-0.2, -0.15) is 0 Å². The Balaban J connectivity index is 1.95. The summed E-state index contributed by atoms with van der Waals surface area (Å²) in [7, 11) is 0. The van der Waals surface area contributed by atoms with E-state index < -0.39 is 12.0 Å². The number of hydrogen-bond acceptors (Lipinski definition) is 3. The first-order valence-corrected chi connectivity index (χ1v) is 7.63. The molecule has 5 heteroatoms. The van der Waals surface area contributed by atoms with E-state index >= 15 is 0 Å². The molecule has 2 aliphatic rings. The van der Waals surface area contributed by atoms with Crippen LogP contribution in [0.1, 0.15) is 33.6 Å². The van der Waals surface area contributed by atoms with Crippen molar-refractivity contribution in [2.45, 2.75) is 39.7 Å². The molecule has 0 aromatic heterocycles. The lowest BCUT2D eigenvalue weighted by Crippen LogP contribution is -2.49. The minimum atomic E-state index is -0.803. The molecule has 1 amide bonds. The fourth-order valence-corrected chi connectivity index (χ4v) is 3.74. The molecule has 0 aromatic carbocycles. The van der Waals surface area contributed by atoms with Gasteiger partial charge in [-0.3, -0.25) is 14.5 Å². The Hall–Kier alpha value is -1.10. The number of carbonyl (C=O) groups is 2. The highest BCUT2D eigenvalue weighted by Crippen LogP contribution is 2.25. The molecule has 20 heavy (non-hydrogen) atoms. The second kappa shape index (κ2) is 6.12. The molecule has 0 bridgehead atoms. The van der Waals surface area contributed by atoms with Crippen molar-refractivity contribution in [2.75, 3.05) is 26.2 Å². The van der Waals surface area contributed by atoms with E-state index in [0.717, 1.165) is 19.5 Å². The zero-order valence-electron chi connectivity index (χ0n) is 12.7. The molecule has 0 spiro atoms. The third-order valence-electron chi connectivity index (χ3n) is 4.62. The van der Waals surface area contributed by atoms with Gasteiger partial charge in [-0.05, 0) is 37.1 Å². The highest BCUT2D eigenvalue weighted by Gasteiger charge is 2.38. The second-order valence-electron chi connectivity index (χ2n) is 6.76. The van der Waals surface area contributed by atoms with Crippen LogP contribution in [0.5, 0.6) is 0 Å². The summed E-state index contributed by atoms with van der Waals surface area (Å²) >= 11 is 0. The fourth-order valence-electron chi connectivity index (χ4n) is 3.74. The van der Waals surface area contributed by atoms with Crippen molar-refractivity contribution >= 4 is 11.9 Å². The molecule has 0 aromatic rings. The van der Waals surface area contributed by atoms with Gasteiger partial charge in [0.15, 0.2) is 0 Å². The van der Waals surface area contributed by atoms with E-state index in [-0.39, 0.29) is 18.4 Å². The van der Waals surface area contributed by atoms with Gasteiger partial charge < -0.3 is 10.0 Å². The number of likely N-dealkylation sites (tertiary alicyclic amines) is 2. The van der Waals surface area contributed by atoms with Gasteiger partial charge in [0.2, 0.25) is 5.91 Å². The zero-order valence-corrected chi connectivity index (χ0v) is 12.7. The second-order valence-corrected chi connectivity index (χ2v) is 6.76.